The summed E-state index contributed by atoms with van der Waals surface area (Å²) in [5.41, 5.74) is 13.1. The lowest BCUT2D eigenvalue weighted by atomic mass is 9.97. The first kappa shape index (κ1) is 17.6. The second-order valence-electron chi connectivity index (χ2n) is 6.19. The standard InChI is InChI=1S/C17H20FN7O/c18-13-8-22-17(23-12-4-3-10(7-19)14(20)6-12)24-16(13)25-5-1-2-11(9-25)15(21)26/h3-4,6-8,11,19H,1-2,5,9,20H2,(H2,21,26)(H,22,23,24)/p+1. The number of carbonyl (C=O) groups is 1. The van der Waals surface area contributed by atoms with Gasteiger partial charge in [0.15, 0.2) is 17.8 Å². The first-order valence-corrected chi connectivity index (χ1v) is 8.26. The number of nitrogens with one attached hydrogen (secondary N) is 1. The van der Waals surface area contributed by atoms with E-state index in [1.165, 1.54) is 6.21 Å². The minimum absolute atomic E-state index is 0.147. The molecule has 0 radical (unpaired) electrons. The number of piperidine rings is 1. The Labute approximate surface area is 149 Å². The Hall–Kier alpha value is -3.23. The van der Waals surface area contributed by atoms with Crippen LogP contribution in [0, 0.1) is 11.7 Å². The number of rotatable bonds is 5. The van der Waals surface area contributed by atoms with Gasteiger partial charge in [0.2, 0.25) is 11.9 Å². The number of anilines is 4. The lowest BCUT2D eigenvalue weighted by Gasteiger charge is -2.32. The van der Waals surface area contributed by atoms with E-state index in [9.17, 15) is 9.18 Å². The average molecular weight is 358 g/mol. The maximum absolute atomic E-state index is 14.2. The van der Waals surface area contributed by atoms with E-state index in [1.54, 1.807) is 23.1 Å². The molecule has 9 heteroatoms. The van der Waals surface area contributed by atoms with Gasteiger partial charge < -0.3 is 21.7 Å². The summed E-state index contributed by atoms with van der Waals surface area (Å²) in [6.45, 7) is 0.946. The summed E-state index contributed by atoms with van der Waals surface area (Å²) in [5.74, 6) is -0.864. The second-order valence-corrected chi connectivity index (χ2v) is 6.19. The van der Waals surface area contributed by atoms with E-state index in [0.29, 0.717) is 36.4 Å². The van der Waals surface area contributed by atoms with Crippen molar-refractivity contribution in [3.8, 4) is 0 Å². The lowest BCUT2D eigenvalue weighted by molar-refractivity contribution is -0.122. The molecule has 1 fully saturated rings. The molecule has 8 nitrogen and oxygen atoms in total. The van der Waals surface area contributed by atoms with E-state index in [0.717, 1.165) is 12.6 Å². The number of amides is 1. The van der Waals surface area contributed by atoms with Crippen LogP contribution in [0.2, 0.25) is 0 Å². The summed E-state index contributed by atoms with van der Waals surface area (Å²) < 4.78 is 14.2. The molecule has 26 heavy (non-hydrogen) atoms. The van der Waals surface area contributed by atoms with Crippen LogP contribution in [0.3, 0.4) is 0 Å². The molecule has 136 valence electrons. The van der Waals surface area contributed by atoms with E-state index in [2.05, 4.69) is 15.3 Å². The van der Waals surface area contributed by atoms with Crippen LogP contribution in [0.5, 0.6) is 0 Å². The number of aromatic nitrogens is 2. The van der Waals surface area contributed by atoms with Crippen molar-refractivity contribution >= 4 is 35.3 Å². The molecule has 1 aliphatic heterocycles. The van der Waals surface area contributed by atoms with Crippen LogP contribution in [0.1, 0.15) is 18.4 Å². The highest BCUT2D eigenvalue weighted by molar-refractivity contribution is 5.84. The molecule has 1 saturated heterocycles. The minimum Gasteiger partial charge on any atom is -0.398 e. The summed E-state index contributed by atoms with van der Waals surface area (Å²) in [6, 6.07) is 5.21. The Morgan fingerprint density at radius 3 is 2.96 bits per heavy atom. The minimum atomic E-state index is -0.548. The summed E-state index contributed by atoms with van der Waals surface area (Å²) in [4.78, 5) is 21.4. The Balaban J connectivity index is 1.82. The summed E-state index contributed by atoms with van der Waals surface area (Å²) in [6.07, 6.45) is 3.96. The van der Waals surface area contributed by atoms with Crippen molar-refractivity contribution < 1.29 is 14.6 Å². The fourth-order valence-corrected chi connectivity index (χ4v) is 2.98. The smallest absolute Gasteiger partial charge is 0.229 e. The highest BCUT2D eigenvalue weighted by Crippen LogP contribution is 2.26. The summed E-state index contributed by atoms with van der Waals surface area (Å²) >= 11 is 0. The van der Waals surface area contributed by atoms with E-state index >= 15 is 0 Å². The molecule has 1 aromatic heterocycles. The van der Waals surface area contributed by atoms with Crippen LogP contribution in [0.15, 0.2) is 24.4 Å². The molecule has 2 aromatic rings. The third-order valence-corrected chi connectivity index (χ3v) is 4.37. The number of halogens is 1. The Morgan fingerprint density at radius 1 is 1.46 bits per heavy atom. The molecule has 1 aromatic carbocycles. The van der Waals surface area contributed by atoms with E-state index < -0.39 is 5.82 Å². The molecule has 1 unspecified atom stereocenters. The molecule has 7 N–H and O–H groups in total. The van der Waals surface area contributed by atoms with Gasteiger partial charge in [-0.25, -0.2) is 9.37 Å². The number of nitrogens with zero attached hydrogens (tertiary/aromatic N) is 3. The SMILES string of the molecule is NC(=O)C1CCCN(c2nc(Nc3ccc(C=[NH2+])c(N)c3)ncc2F)C1. The molecule has 0 bridgehead atoms. The van der Waals surface area contributed by atoms with Gasteiger partial charge in [0.25, 0.3) is 0 Å². The van der Waals surface area contributed by atoms with Crippen molar-refractivity contribution in [1.29, 1.82) is 0 Å². The molecule has 1 amide bonds. The van der Waals surface area contributed by atoms with Crippen molar-refractivity contribution in [2.75, 3.05) is 29.0 Å². The number of nitrogen functional groups attached to an aromatic ring is 1. The number of hydrogen-bond acceptors (Lipinski definition) is 6. The summed E-state index contributed by atoms with van der Waals surface area (Å²) in [7, 11) is 0. The van der Waals surface area contributed by atoms with Gasteiger partial charge in [-0.05, 0) is 31.0 Å². The summed E-state index contributed by atoms with van der Waals surface area (Å²) in [5, 5.41) is 8.47. The van der Waals surface area contributed by atoms with Crippen molar-refractivity contribution in [1.82, 2.24) is 9.97 Å². The van der Waals surface area contributed by atoms with Crippen molar-refractivity contribution in [2.24, 2.45) is 11.7 Å². The van der Waals surface area contributed by atoms with Gasteiger partial charge >= 0.3 is 0 Å². The van der Waals surface area contributed by atoms with E-state index in [4.69, 9.17) is 16.9 Å². The van der Waals surface area contributed by atoms with Gasteiger partial charge in [-0.3, -0.25) is 10.2 Å². The monoisotopic (exact) mass is 358 g/mol. The van der Waals surface area contributed by atoms with Crippen molar-refractivity contribution in [3.63, 3.8) is 0 Å². The fraction of sp³-hybridized carbons (Fsp3) is 0.294. The molecule has 3 rings (SSSR count). The molecule has 0 spiro atoms. The quantitative estimate of drug-likeness (QED) is 0.432. The Morgan fingerprint density at radius 2 is 2.27 bits per heavy atom. The van der Waals surface area contributed by atoms with Gasteiger partial charge in [-0.2, -0.15) is 4.98 Å². The maximum Gasteiger partial charge on any atom is 0.229 e. The normalized spacial score (nSPS) is 17.0. The highest BCUT2D eigenvalue weighted by atomic mass is 19.1. The van der Waals surface area contributed by atoms with Gasteiger partial charge in [0.1, 0.15) is 0 Å². The topological polar surface area (TPSA) is 136 Å². The van der Waals surface area contributed by atoms with Crippen LogP contribution in [-0.4, -0.2) is 35.2 Å². The van der Waals surface area contributed by atoms with Crippen LogP contribution >= 0.6 is 0 Å². The number of carbonyl (C=O) groups excluding carboxylic acids is 1. The van der Waals surface area contributed by atoms with Gasteiger partial charge in [-0.1, -0.05) is 0 Å². The zero-order valence-electron chi connectivity index (χ0n) is 14.2. The van der Waals surface area contributed by atoms with Crippen LogP contribution in [0.25, 0.3) is 0 Å². The molecule has 0 saturated carbocycles. The fourth-order valence-electron chi connectivity index (χ4n) is 2.98. The molecule has 2 heterocycles. The Kier molecular flexibility index (Phi) is 4.97. The van der Waals surface area contributed by atoms with Crippen LogP contribution in [0.4, 0.5) is 27.5 Å². The van der Waals surface area contributed by atoms with Crippen molar-refractivity contribution in [2.45, 2.75) is 12.8 Å². The van der Waals surface area contributed by atoms with Gasteiger partial charge in [-0.15, -0.1) is 0 Å². The first-order valence-electron chi connectivity index (χ1n) is 8.26. The third-order valence-electron chi connectivity index (χ3n) is 4.37. The average Bonchev–Trinajstić information content (AvgIpc) is 2.63. The predicted octanol–water partition coefficient (Wildman–Crippen LogP) is -0.179. The molecular formula is C17H21FN7O+. The van der Waals surface area contributed by atoms with Crippen LogP contribution < -0.4 is 27.1 Å². The van der Waals surface area contributed by atoms with Crippen molar-refractivity contribution in [3.05, 3.63) is 35.8 Å². The number of primary amides is 1. The van der Waals surface area contributed by atoms with Gasteiger partial charge in [0, 0.05) is 24.5 Å². The molecule has 1 aliphatic rings. The predicted molar refractivity (Wildman–Crippen MR) is 97.3 cm³/mol. The largest absolute Gasteiger partial charge is 0.398 e. The number of nitrogens with two attached hydrogens (primary N) is 3. The van der Waals surface area contributed by atoms with E-state index in [1.807, 2.05) is 0 Å². The molecule has 0 aliphatic carbocycles. The second kappa shape index (κ2) is 7.34. The Bertz CT molecular complexity index is 842. The molecule has 1 atom stereocenters. The number of benzene rings is 1. The zero-order valence-corrected chi connectivity index (χ0v) is 14.2. The number of hydrogen-bond donors (Lipinski definition) is 4. The first-order chi connectivity index (χ1) is 12.5. The zero-order chi connectivity index (χ0) is 18.7. The highest BCUT2D eigenvalue weighted by Gasteiger charge is 2.26. The maximum atomic E-state index is 14.2. The third kappa shape index (κ3) is 3.71. The van der Waals surface area contributed by atoms with Gasteiger partial charge in [0.05, 0.1) is 17.7 Å². The lowest BCUT2D eigenvalue weighted by Crippen LogP contribution is -2.42. The van der Waals surface area contributed by atoms with E-state index in [-0.39, 0.29) is 23.6 Å². The molecular weight excluding hydrogens is 337 g/mol. The van der Waals surface area contributed by atoms with Crippen LogP contribution in [-0.2, 0) is 4.79 Å².